The molecule has 3 atom stereocenters. The molecule has 0 unspecified atom stereocenters. The van der Waals surface area contributed by atoms with E-state index in [2.05, 4.69) is 10.2 Å². The van der Waals surface area contributed by atoms with E-state index in [9.17, 15) is 18.0 Å². The summed E-state index contributed by atoms with van der Waals surface area (Å²) in [5, 5.41) is 6.55. The van der Waals surface area contributed by atoms with Crippen molar-refractivity contribution in [1.82, 2.24) is 15.1 Å². The highest BCUT2D eigenvalue weighted by Gasteiger charge is 2.46. The smallest absolute Gasteiger partial charge is 0.435 e. The van der Waals surface area contributed by atoms with Crippen LogP contribution in [0.5, 0.6) is 5.88 Å². The maximum Gasteiger partial charge on any atom is 0.435 e. The van der Waals surface area contributed by atoms with Crippen molar-refractivity contribution in [2.45, 2.75) is 31.2 Å². The van der Waals surface area contributed by atoms with Crippen LogP contribution in [-0.2, 0) is 11.0 Å². The highest BCUT2D eigenvalue weighted by molar-refractivity contribution is 5.49. The molecule has 20 heavy (non-hydrogen) atoms. The van der Waals surface area contributed by atoms with E-state index < -0.39 is 11.9 Å². The van der Waals surface area contributed by atoms with Gasteiger partial charge in [-0.2, -0.15) is 13.2 Å². The molecule has 2 bridgehead atoms. The van der Waals surface area contributed by atoms with Crippen molar-refractivity contribution in [1.29, 1.82) is 0 Å². The fourth-order valence-electron chi connectivity index (χ4n) is 2.94. The third-order valence-electron chi connectivity index (χ3n) is 3.80. The number of piperidine rings is 1. The van der Waals surface area contributed by atoms with Crippen LogP contribution < -0.4 is 4.74 Å². The van der Waals surface area contributed by atoms with Gasteiger partial charge in [-0.1, -0.05) is 0 Å². The van der Waals surface area contributed by atoms with Crippen molar-refractivity contribution >= 4 is 6.41 Å². The summed E-state index contributed by atoms with van der Waals surface area (Å²) in [6.07, 6.45) is -2.27. The van der Waals surface area contributed by atoms with Gasteiger partial charge in [0.05, 0.1) is 6.04 Å². The van der Waals surface area contributed by atoms with Crippen LogP contribution in [0.1, 0.15) is 18.5 Å². The summed E-state index contributed by atoms with van der Waals surface area (Å²) in [6, 6.07) is 1.99. The van der Waals surface area contributed by atoms with E-state index in [0.29, 0.717) is 5.92 Å². The number of hydrogen-bond donors (Lipinski definition) is 0. The van der Waals surface area contributed by atoms with Gasteiger partial charge in [0, 0.05) is 12.6 Å². The Morgan fingerprint density at radius 1 is 1.30 bits per heavy atom. The first-order valence-electron chi connectivity index (χ1n) is 6.26. The Morgan fingerprint density at radius 3 is 2.65 bits per heavy atom. The molecule has 108 valence electrons. The van der Waals surface area contributed by atoms with Crippen LogP contribution in [0.15, 0.2) is 12.1 Å². The van der Waals surface area contributed by atoms with E-state index >= 15 is 0 Å². The monoisotopic (exact) mass is 287 g/mol. The molecular weight excluding hydrogens is 275 g/mol. The van der Waals surface area contributed by atoms with E-state index in [1.807, 2.05) is 0 Å². The lowest BCUT2D eigenvalue weighted by molar-refractivity contribution is -0.141. The molecule has 0 aromatic carbocycles. The van der Waals surface area contributed by atoms with Gasteiger partial charge in [0.1, 0.15) is 6.10 Å². The van der Waals surface area contributed by atoms with Crippen molar-refractivity contribution in [2.24, 2.45) is 5.92 Å². The Kier molecular flexibility index (Phi) is 3.02. The summed E-state index contributed by atoms with van der Waals surface area (Å²) in [7, 11) is 0. The summed E-state index contributed by atoms with van der Waals surface area (Å²) >= 11 is 0. The number of amides is 1. The average molecular weight is 287 g/mol. The lowest BCUT2D eigenvalue weighted by atomic mass is 10.1. The van der Waals surface area contributed by atoms with Crippen molar-refractivity contribution in [3.8, 4) is 5.88 Å². The molecule has 1 amide bonds. The second kappa shape index (κ2) is 4.60. The van der Waals surface area contributed by atoms with Crippen LogP contribution in [0.3, 0.4) is 0 Å². The second-order valence-corrected chi connectivity index (χ2v) is 5.12. The third-order valence-corrected chi connectivity index (χ3v) is 3.80. The summed E-state index contributed by atoms with van der Waals surface area (Å²) in [6.45, 7) is 0.729. The van der Waals surface area contributed by atoms with Gasteiger partial charge in [-0.25, -0.2) is 0 Å². The largest absolute Gasteiger partial charge is 0.471 e. The molecule has 1 saturated carbocycles. The normalized spacial score (nSPS) is 28.8. The molecule has 1 saturated heterocycles. The molecule has 2 heterocycles. The standard InChI is InChI=1S/C12H12F3N3O2/c13-12(14,15)10-1-2-11(17-16-10)20-9-4-7-3-8(9)18(5-7)6-19/h1-2,6-9H,3-5H2/t7-,8+,9-/m1/s1. The fraction of sp³-hybridized carbons (Fsp3) is 0.583. The molecule has 0 radical (unpaired) electrons. The Labute approximate surface area is 112 Å². The van der Waals surface area contributed by atoms with Crippen LogP contribution in [0.2, 0.25) is 0 Å². The first kappa shape index (κ1) is 13.1. The van der Waals surface area contributed by atoms with Gasteiger partial charge in [-0.3, -0.25) is 4.79 Å². The number of nitrogens with zero attached hydrogens (tertiary/aromatic N) is 3. The van der Waals surface area contributed by atoms with Gasteiger partial charge in [0.15, 0.2) is 5.69 Å². The van der Waals surface area contributed by atoms with Crippen molar-refractivity contribution in [3.63, 3.8) is 0 Å². The number of ether oxygens (including phenoxy) is 1. The van der Waals surface area contributed by atoms with Gasteiger partial charge in [-0.15, -0.1) is 10.2 Å². The van der Waals surface area contributed by atoms with E-state index in [-0.39, 0.29) is 18.0 Å². The Hall–Kier alpha value is -1.86. The molecule has 1 aromatic rings. The maximum absolute atomic E-state index is 12.4. The minimum atomic E-state index is -4.51. The van der Waals surface area contributed by atoms with Gasteiger partial charge in [0.25, 0.3) is 0 Å². The van der Waals surface area contributed by atoms with Crippen molar-refractivity contribution in [2.75, 3.05) is 6.54 Å². The number of halogens is 3. The summed E-state index contributed by atoms with van der Waals surface area (Å²) in [5.74, 6) is 0.457. The van der Waals surface area contributed by atoms with Crippen LogP contribution in [0, 0.1) is 5.92 Å². The summed E-state index contributed by atoms with van der Waals surface area (Å²) in [4.78, 5) is 12.5. The lowest BCUT2D eigenvalue weighted by Gasteiger charge is -2.30. The number of aromatic nitrogens is 2. The number of hydrogen-bond acceptors (Lipinski definition) is 4. The Bertz CT molecular complexity index is 506. The number of rotatable bonds is 3. The fourth-order valence-corrected chi connectivity index (χ4v) is 2.94. The highest BCUT2D eigenvalue weighted by Crippen LogP contribution is 2.38. The van der Waals surface area contributed by atoms with Crippen molar-refractivity contribution < 1.29 is 22.7 Å². The van der Waals surface area contributed by atoms with E-state index in [0.717, 1.165) is 37.9 Å². The molecule has 5 nitrogen and oxygen atoms in total. The molecule has 1 aromatic heterocycles. The zero-order chi connectivity index (χ0) is 14.3. The molecule has 2 aliphatic rings. The molecule has 1 aliphatic heterocycles. The van der Waals surface area contributed by atoms with Gasteiger partial charge >= 0.3 is 6.18 Å². The Balaban J connectivity index is 1.68. The van der Waals surface area contributed by atoms with Crippen LogP contribution in [-0.4, -0.2) is 40.2 Å². The summed E-state index contributed by atoms with van der Waals surface area (Å²) in [5.41, 5.74) is -1.05. The molecule has 8 heteroatoms. The quantitative estimate of drug-likeness (QED) is 0.790. The molecule has 1 aliphatic carbocycles. The van der Waals surface area contributed by atoms with E-state index in [4.69, 9.17) is 4.74 Å². The lowest BCUT2D eigenvalue weighted by Crippen LogP contribution is -2.43. The second-order valence-electron chi connectivity index (χ2n) is 5.12. The third kappa shape index (κ3) is 2.30. The van der Waals surface area contributed by atoms with Gasteiger partial charge in [0.2, 0.25) is 12.3 Å². The molecular formula is C12H12F3N3O2. The molecule has 3 rings (SSSR count). The highest BCUT2D eigenvalue weighted by atomic mass is 19.4. The number of alkyl halides is 3. The first-order valence-corrected chi connectivity index (χ1v) is 6.26. The molecule has 2 fully saturated rings. The average Bonchev–Trinajstić information content (AvgIpc) is 2.97. The van der Waals surface area contributed by atoms with Crippen LogP contribution in [0.25, 0.3) is 0 Å². The zero-order valence-corrected chi connectivity index (χ0v) is 10.4. The summed E-state index contributed by atoms with van der Waals surface area (Å²) < 4.78 is 42.6. The maximum atomic E-state index is 12.4. The van der Waals surface area contributed by atoms with Crippen molar-refractivity contribution in [3.05, 3.63) is 17.8 Å². The minimum absolute atomic E-state index is 0.0124. The first-order chi connectivity index (χ1) is 9.47. The SMILES string of the molecule is O=CN1C[C@H]2C[C@@H](Oc3ccc(C(F)(F)F)nn3)[C@@H]1C2. The topological polar surface area (TPSA) is 55.3 Å². The number of carbonyl (C=O) groups is 1. The van der Waals surface area contributed by atoms with Crippen LogP contribution >= 0.6 is 0 Å². The van der Waals surface area contributed by atoms with Crippen LogP contribution in [0.4, 0.5) is 13.2 Å². The number of carbonyl (C=O) groups excluding carboxylic acids is 1. The minimum Gasteiger partial charge on any atom is -0.471 e. The zero-order valence-electron chi connectivity index (χ0n) is 10.4. The van der Waals surface area contributed by atoms with Gasteiger partial charge < -0.3 is 9.64 Å². The predicted molar refractivity (Wildman–Crippen MR) is 60.7 cm³/mol. The predicted octanol–water partition coefficient (Wildman–Crippen LogP) is 1.49. The van der Waals surface area contributed by atoms with Gasteiger partial charge in [-0.05, 0) is 24.8 Å². The molecule has 0 N–H and O–H groups in total. The van der Waals surface area contributed by atoms with E-state index in [1.54, 1.807) is 4.90 Å². The Morgan fingerprint density at radius 2 is 2.10 bits per heavy atom. The molecule has 0 spiro atoms. The number of fused-ring (bicyclic) bond motifs is 2. The van der Waals surface area contributed by atoms with E-state index in [1.165, 1.54) is 0 Å². The number of likely N-dealkylation sites (tertiary alicyclic amines) is 1.